The van der Waals surface area contributed by atoms with Crippen LogP contribution < -0.4 is 10.2 Å². The maximum Gasteiger partial charge on any atom is 0.142 e. The van der Waals surface area contributed by atoms with Gasteiger partial charge in [0.1, 0.15) is 5.82 Å². The minimum absolute atomic E-state index is 0.588. The van der Waals surface area contributed by atoms with Crippen molar-refractivity contribution >= 4 is 29.2 Å². The molecule has 3 heterocycles. The first-order valence-corrected chi connectivity index (χ1v) is 7.39. The predicted molar refractivity (Wildman–Crippen MR) is 73.3 cm³/mol. The van der Waals surface area contributed by atoms with Crippen LogP contribution in [-0.2, 0) is 0 Å². The van der Waals surface area contributed by atoms with Gasteiger partial charge in [0.2, 0.25) is 0 Å². The molecule has 3 rings (SSSR count). The highest BCUT2D eigenvalue weighted by Crippen LogP contribution is 2.39. The summed E-state index contributed by atoms with van der Waals surface area (Å²) in [6, 6.07) is 0.588. The lowest BCUT2D eigenvalue weighted by molar-refractivity contribution is 0.465. The molecule has 1 aromatic heterocycles. The number of pyridine rings is 1. The largest absolute Gasteiger partial charge is 0.350 e. The van der Waals surface area contributed by atoms with E-state index in [-0.39, 0.29) is 0 Å². The summed E-state index contributed by atoms with van der Waals surface area (Å²) in [5, 5.41) is 4.25. The number of nitrogens with one attached hydrogen (secondary N) is 1. The number of hydrogen-bond acceptors (Lipinski definition) is 4. The van der Waals surface area contributed by atoms with E-state index < -0.39 is 0 Å². The highest BCUT2D eigenvalue weighted by Gasteiger charge is 2.29. The van der Waals surface area contributed by atoms with Crippen LogP contribution in [0.15, 0.2) is 11.1 Å². The van der Waals surface area contributed by atoms with E-state index in [9.17, 15) is 0 Å². The van der Waals surface area contributed by atoms with Crippen LogP contribution in [0, 0.1) is 6.92 Å². The molecule has 0 amide bonds. The summed E-state index contributed by atoms with van der Waals surface area (Å²) >= 11 is 8.07. The van der Waals surface area contributed by atoms with Crippen molar-refractivity contribution in [3.05, 3.63) is 16.8 Å². The number of thioether (sulfide) groups is 1. The molecular formula is C12H16ClN3S. The highest BCUT2D eigenvalue weighted by molar-refractivity contribution is 7.99. The van der Waals surface area contributed by atoms with Crippen LogP contribution in [0.3, 0.4) is 0 Å². The molecule has 0 saturated carbocycles. The molecular weight excluding hydrogens is 254 g/mol. The Labute approximate surface area is 111 Å². The summed E-state index contributed by atoms with van der Waals surface area (Å²) in [5.41, 5.74) is 1.18. The molecule has 17 heavy (non-hydrogen) atoms. The zero-order valence-corrected chi connectivity index (χ0v) is 11.4. The lowest BCUT2D eigenvalue weighted by atomic mass is 10.1. The Morgan fingerprint density at radius 3 is 3.35 bits per heavy atom. The van der Waals surface area contributed by atoms with Crippen molar-refractivity contribution in [2.75, 3.05) is 30.3 Å². The molecule has 1 saturated heterocycles. The van der Waals surface area contributed by atoms with Gasteiger partial charge in [-0.1, -0.05) is 11.6 Å². The summed E-state index contributed by atoms with van der Waals surface area (Å²) < 4.78 is 0. The van der Waals surface area contributed by atoms with Crippen LogP contribution in [0.25, 0.3) is 0 Å². The lowest BCUT2D eigenvalue weighted by Crippen LogP contribution is -2.51. The van der Waals surface area contributed by atoms with E-state index in [0.29, 0.717) is 6.04 Å². The molecule has 2 aliphatic heterocycles. The minimum Gasteiger partial charge on any atom is -0.350 e. The van der Waals surface area contributed by atoms with Crippen molar-refractivity contribution in [3.8, 4) is 0 Å². The number of nitrogens with zero attached hydrogens (tertiary/aromatic N) is 2. The van der Waals surface area contributed by atoms with Crippen LogP contribution in [-0.4, -0.2) is 36.4 Å². The molecule has 1 N–H and O–H groups in total. The number of rotatable bonds is 0. The molecule has 2 aliphatic rings. The van der Waals surface area contributed by atoms with Gasteiger partial charge in [-0.25, -0.2) is 4.98 Å². The van der Waals surface area contributed by atoms with Crippen LogP contribution in [0.5, 0.6) is 0 Å². The zero-order chi connectivity index (χ0) is 11.8. The Bertz CT molecular complexity index is 438. The van der Waals surface area contributed by atoms with E-state index >= 15 is 0 Å². The lowest BCUT2D eigenvalue weighted by Gasteiger charge is -2.36. The van der Waals surface area contributed by atoms with Gasteiger partial charge in [-0.05, 0) is 18.9 Å². The van der Waals surface area contributed by atoms with Gasteiger partial charge in [-0.2, -0.15) is 0 Å². The number of piperazine rings is 1. The molecule has 0 bridgehead atoms. The Balaban J connectivity index is 2.06. The third-order valence-corrected chi connectivity index (χ3v) is 5.12. The fourth-order valence-electron chi connectivity index (χ4n) is 2.52. The average molecular weight is 270 g/mol. The number of fused-ring (bicyclic) bond motifs is 3. The van der Waals surface area contributed by atoms with Crippen molar-refractivity contribution in [1.82, 2.24) is 10.3 Å². The minimum atomic E-state index is 0.588. The molecule has 0 unspecified atom stereocenters. The van der Waals surface area contributed by atoms with Crippen LogP contribution in [0.2, 0.25) is 5.02 Å². The zero-order valence-electron chi connectivity index (χ0n) is 9.87. The fourth-order valence-corrected chi connectivity index (χ4v) is 3.94. The van der Waals surface area contributed by atoms with Gasteiger partial charge in [-0.15, -0.1) is 11.8 Å². The van der Waals surface area contributed by atoms with Crippen LogP contribution in [0.4, 0.5) is 5.82 Å². The smallest absolute Gasteiger partial charge is 0.142 e. The summed E-state index contributed by atoms with van der Waals surface area (Å²) in [4.78, 5) is 8.30. The summed E-state index contributed by atoms with van der Waals surface area (Å²) in [5.74, 6) is 2.29. The molecule has 5 heteroatoms. The Kier molecular flexibility index (Phi) is 3.19. The van der Waals surface area contributed by atoms with E-state index in [1.165, 1.54) is 16.9 Å². The molecule has 1 atom stereocenters. The number of hydrogen-bond donors (Lipinski definition) is 1. The predicted octanol–water partition coefficient (Wildman–Crippen LogP) is 2.32. The van der Waals surface area contributed by atoms with Crippen LogP contribution in [0.1, 0.15) is 12.0 Å². The van der Waals surface area contributed by atoms with Crippen LogP contribution >= 0.6 is 23.4 Å². The number of aromatic nitrogens is 1. The van der Waals surface area contributed by atoms with Gasteiger partial charge in [-0.3, -0.25) is 0 Å². The Morgan fingerprint density at radius 2 is 2.47 bits per heavy atom. The first-order chi connectivity index (χ1) is 8.27. The molecule has 0 aromatic carbocycles. The number of anilines is 1. The molecule has 1 fully saturated rings. The van der Waals surface area contributed by atoms with Gasteiger partial charge >= 0.3 is 0 Å². The van der Waals surface area contributed by atoms with E-state index in [0.717, 1.165) is 36.2 Å². The fraction of sp³-hybridized carbons (Fsp3) is 0.583. The van der Waals surface area contributed by atoms with Crippen molar-refractivity contribution in [1.29, 1.82) is 0 Å². The molecule has 1 aromatic rings. The second-order valence-electron chi connectivity index (χ2n) is 4.57. The van der Waals surface area contributed by atoms with Gasteiger partial charge in [0.25, 0.3) is 0 Å². The molecule has 92 valence electrons. The van der Waals surface area contributed by atoms with Crippen molar-refractivity contribution in [2.45, 2.75) is 24.3 Å². The molecule has 0 radical (unpaired) electrons. The molecule has 0 aliphatic carbocycles. The maximum atomic E-state index is 6.17. The van der Waals surface area contributed by atoms with E-state index in [1.54, 1.807) is 6.20 Å². The second kappa shape index (κ2) is 4.67. The molecule has 3 nitrogen and oxygen atoms in total. The van der Waals surface area contributed by atoms with E-state index in [1.807, 2.05) is 11.8 Å². The Hall–Kier alpha value is -0.450. The first-order valence-electron chi connectivity index (χ1n) is 6.02. The topological polar surface area (TPSA) is 28.2 Å². The summed E-state index contributed by atoms with van der Waals surface area (Å²) in [6.07, 6.45) is 3.01. The third-order valence-electron chi connectivity index (χ3n) is 3.52. The van der Waals surface area contributed by atoms with Gasteiger partial charge in [0.15, 0.2) is 0 Å². The highest BCUT2D eigenvalue weighted by atomic mass is 35.5. The number of halogens is 1. The Morgan fingerprint density at radius 1 is 1.59 bits per heavy atom. The van der Waals surface area contributed by atoms with Gasteiger partial charge < -0.3 is 10.2 Å². The van der Waals surface area contributed by atoms with E-state index in [2.05, 4.69) is 22.1 Å². The summed E-state index contributed by atoms with van der Waals surface area (Å²) in [7, 11) is 0. The van der Waals surface area contributed by atoms with Crippen molar-refractivity contribution in [2.24, 2.45) is 0 Å². The average Bonchev–Trinajstić information content (AvgIpc) is 2.54. The van der Waals surface area contributed by atoms with Gasteiger partial charge in [0.05, 0.1) is 9.92 Å². The first kappa shape index (κ1) is 11.6. The normalized spacial score (nSPS) is 23.9. The van der Waals surface area contributed by atoms with E-state index in [4.69, 9.17) is 11.6 Å². The summed E-state index contributed by atoms with van der Waals surface area (Å²) in [6.45, 7) is 5.26. The van der Waals surface area contributed by atoms with Crippen molar-refractivity contribution < 1.29 is 0 Å². The van der Waals surface area contributed by atoms with Gasteiger partial charge in [0, 0.05) is 37.6 Å². The second-order valence-corrected chi connectivity index (χ2v) is 6.08. The monoisotopic (exact) mass is 269 g/mol. The molecule has 0 spiro atoms. The SMILES string of the molecule is Cc1c(Cl)cnc2c1SCC[C@@H]1CNCCN21. The standard InChI is InChI=1S/C12H16ClN3S/c1-8-10(13)7-15-12-11(8)17-5-2-9-6-14-3-4-16(9)12/h7,9,14H,2-6H2,1H3/t9-/m1/s1. The third kappa shape index (κ3) is 2.02. The quantitative estimate of drug-likeness (QED) is 0.782. The van der Waals surface area contributed by atoms with Crippen molar-refractivity contribution in [3.63, 3.8) is 0 Å². The maximum absolute atomic E-state index is 6.17.